The van der Waals surface area contributed by atoms with Gasteiger partial charge in [0.2, 0.25) is 0 Å². The fourth-order valence-corrected chi connectivity index (χ4v) is 2.36. The van der Waals surface area contributed by atoms with E-state index in [1.807, 2.05) is 18.2 Å². The molecule has 0 spiro atoms. The SMILES string of the molecule is O=C1NC(=O)C(Cc2cccc3c2B(O)OC3)N1. The smallest absolute Gasteiger partial charge is 0.423 e. The van der Waals surface area contributed by atoms with Crippen molar-refractivity contribution >= 4 is 24.5 Å². The van der Waals surface area contributed by atoms with Gasteiger partial charge in [-0.3, -0.25) is 10.1 Å². The van der Waals surface area contributed by atoms with E-state index in [1.54, 1.807) is 0 Å². The molecule has 1 aromatic rings. The predicted octanol–water partition coefficient (Wildman–Crippen LogP) is -1.35. The fraction of sp³-hybridized carbons (Fsp3) is 0.273. The Bertz CT molecular complexity index is 534. The van der Waals surface area contributed by atoms with Crippen LogP contribution in [0.2, 0.25) is 0 Å². The van der Waals surface area contributed by atoms with Crippen molar-refractivity contribution in [3.8, 4) is 0 Å². The van der Waals surface area contributed by atoms with Crippen LogP contribution in [0.25, 0.3) is 0 Å². The number of carbonyl (C=O) groups excluding carboxylic acids is 2. The molecule has 2 aliphatic heterocycles. The van der Waals surface area contributed by atoms with Crippen LogP contribution >= 0.6 is 0 Å². The molecule has 0 saturated carbocycles. The van der Waals surface area contributed by atoms with Gasteiger partial charge in [0.05, 0.1) is 6.61 Å². The molecule has 6 nitrogen and oxygen atoms in total. The molecule has 0 bridgehead atoms. The molecule has 3 rings (SSSR count). The highest BCUT2D eigenvalue weighted by atomic mass is 16.5. The van der Waals surface area contributed by atoms with Crippen molar-refractivity contribution in [3.05, 3.63) is 29.3 Å². The quantitative estimate of drug-likeness (QED) is 0.445. The van der Waals surface area contributed by atoms with E-state index >= 15 is 0 Å². The van der Waals surface area contributed by atoms with Gasteiger partial charge in [0.15, 0.2) is 0 Å². The lowest BCUT2D eigenvalue weighted by Crippen LogP contribution is -2.37. The van der Waals surface area contributed by atoms with E-state index in [0.717, 1.165) is 11.1 Å². The Hall–Kier alpha value is -1.86. The second kappa shape index (κ2) is 4.11. The van der Waals surface area contributed by atoms with Gasteiger partial charge in [-0.1, -0.05) is 18.2 Å². The molecule has 7 heteroatoms. The molecule has 92 valence electrons. The number of hydrogen-bond donors (Lipinski definition) is 3. The molecule has 0 aromatic heterocycles. The van der Waals surface area contributed by atoms with Crippen LogP contribution in [0.15, 0.2) is 18.2 Å². The summed E-state index contributed by atoms with van der Waals surface area (Å²) in [4.78, 5) is 22.5. The fourth-order valence-electron chi connectivity index (χ4n) is 2.36. The van der Waals surface area contributed by atoms with Crippen LogP contribution in [0.4, 0.5) is 4.79 Å². The molecule has 2 aliphatic rings. The molecule has 0 aliphatic carbocycles. The van der Waals surface area contributed by atoms with Crippen LogP contribution in [0, 0.1) is 0 Å². The molecule has 1 saturated heterocycles. The zero-order valence-corrected chi connectivity index (χ0v) is 9.47. The summed E-state index contributed by atoms with van der Waals surface area (Å²) in [6.07, 6.45) is 0.348. The van der Waals surface area contributed by atoms with Crippen LogP contribution in [-0.4, -0.2) is 30.1 Å². The largest absolute Gasteiger partial charge is 0.492 e. The first kappa shape index (κ1) is 11.2. The number of imide groups is 1. The Morgan fingerprint density at radius 1 is 1.44 bits per heavy atom. The highest BCUT2D eigenvalue weighted by Gasteiger charge is 2.34. The normalized spacial score (nSPS) is 21.8. The van der Waals surface area contributed by atoms with Crippen molar-refractivity contribution in [1.82, 2.24) is 10.6 Å². The van der Waals surface area contributed by atoms with E-state index in [9.17, 15) is 14.6 Å². The third-order valence-electron chi connectivity index (χ3n) is 3.21. The summed E-state index contributed by atoms with van der Waals surface area (Å²) in [5.41, 5.74) is 2.45. The van der Waals surface area contributed by atoms with Crippen LogP contribution in [-0.2, 0) is 22.5 Å². The van der Waals surface area contributed by atoms with E-state index in [2.05, 4.69) is 10.6 Å². The zero-order chi connectivity index (χ0) is 12.7. The molecule has 1 aromatic carbocycles. The van der Waals surface area contributed by atoms with E-state index in [-0.39, 0.29) is 5.91 Å². The van der Waals surface area contributed by atoms with Crippen molar-refractivity contribution in [2.75, 3.05) is 0 Å². The maximum Gasteiger partial charge on any atom is 0.492 e. The number of amides is 3. The number of urea groups is 1. The lowest BCUT2D eigenvalue weighted by molar-refractivity contribution is -0.120. The first-order valence-electron chi connectivity index (χ1n) is 5.67. The van der Waals surface area contributed by atoms with Crippen LogP contribution < -0.4 is 16.1 Å². The number of rotatable bonds is 2. The number of hydrogen-bond acceptors (Lipinski definition) is 4. The standard InChI is InChI=1S/C11H11BN2O4/c15-10-8(13-11(16)14-10)4-6-2-1-3-7-5-18-12(17)9(6)7/h1-3,8,17H,4-5H2,(H2,13,14,15,16). The van der Waals surface area contributed by atoms with E-state index < -0.39 is 19.2 Å². The van der Waals surface area contributed by atoms with Crippen molar-refractivity contribution in [2.45, 2.75) is 19.1 Å². The number of carbonyl (C=O) groups is 2. The Labute approximate surface area is 103 Å². The summed E-state index contributed by atoms with van der Waals surface area (Å²) >= 11 is 0. The molecule has 18 heavy (non-hydrogen) atoms. The summed E-state index contributed by atoms with van der Waals surface area (Å²) in [5, 5.41) is 14.5. The van der Waals surface area contributed by atoms with Gasteiger partial charge in [0, 0.05) is 6.42 Å². The molecule has 2 heterocycles. The summed E-state index contributed by atoms with van der Waals surface area (Å²) < 4.78 is 5.14. The van der Waals surface area contributed by atoms with Crippen molar-refractivity contribution in [3.63, 3.8) is 0 Å². The number of benzene rings is 1. The second-order valence-corrected chi connectivity index (χ2v) is 4.37. The van der Waals surface area contributed by atoms with Gasteiger partial charge in [-0.15, -0.1) is 0 Å². The summed E-state index contributed by atoms with van der Waals surface area (Å²) in [6.45, 7) is 0.369. The highest BCUT2D eigenvalue weighted by Crippen LogP contribution is 2.14. The Balaban J connectivity index is 1.88. The summed E-state index contributed by atoms with van der Waals surface area (Å²) in [6, 6.07) is 4.49. The average Bonchev–Trinajstić information content (AvgIpc) is 2.84. The Morgan fingerprint density at radius 3 is 3.00 bits per heavy atom. The first-order chi connectivity index (χ1) is 8.65. The number of fused-ring (bicyclic) bond motifs is 1. The average molecular weight is 246 g/mol. The van der Waals surface area contributed by atoms with E-state index in [1.165, 1.54) is 0 Å². The lowest BCUT2D eigenvalue weighted by atomic mass is 9.75. The van der Waals surface area contributed by atoms with Gasteiger partial charge in [0.25, 0.3) is 5.91 Å². The van der Waals surface area contributed by atoms with E-state index in [0.29, 0.717) is 18.5 Å². The highest BCUT2D eigenvalue weighted by molar-refractivity contribution is 6.62. The van der Waals surface area contributed by atoms with Gasteiger partial charge < -0.3 is 15.0 Å². The van der Waals surface area contributed by atoms with Crippen LogP contribution in [0.1, 0.15) is 11.1 Å². The van der Waals surface area contributed by atoms with Gasteiger partial charge in [-0.05, 0) is 16.6 Å². The Kier molecular flexibility index (Phi) is 2.57. The molecular formula is C11H11BN2O4. The summed E-state index contributed by atoms with van der Waals surface area (Å²) in [5.74, 6) is -0.342. The topological polar surface area (TPSA) is 87.7 Å². The zero-order valence-electron chi connectivity index (χ0n) is 9.47. The minimum atomic E-state index is -0.948. The predicted molar refractivity (Wildman–Crippen MR) is 63.0 cm³/mol. The van der Waals surface area contributed by atoms with Gasteiger partial charge in [-0.2, -0.15) is 0 Å². The molecule has 1 unspecified atom stereocenters. The lowest BCUT2D eigenvalue weighted by Gasteiger charge is -2.11. The third kappa shape index (κ3) is 1.77. The van der Waals surface area contributed by atoms with Gasteiger partial charge in [-0.25, -0.2) is 4.79 Å². The van der Waals surface area contributed by atoms with Gasteiger partial charge >= 0.3 is 13.1 Å². The molecule has 1 fully saturated rings. The maximum absolute atomic E-state index is 11.5. The molecule has 3 amide bonds. The molecule has 1 atom stereocenters. The monoisotopic (exact) mass is 246 g/mol. The van der Waals surface area contributed by atoms with Crippen molar-refractivity contribution < 1.29 is 19.3 Å². The minimum Gasteiger partial charge on any atom is -0.423 e. The summed E-state index contributed by atoms with van der Waals surface area (Å²) in [7, 11) is -0.948. The molecular weight excluding hydrogens is 235 g/mol. The van der Waals surface area contributed by atoms with Crippen LogP contribution in [0.3, 0.4) is 0 Å². The molecule has 0 radical (unpaired) electrons. The third-order valence-corrected chi connectivity index (χ3v) is 3.21. The first-order valence-corrected chi connectivity index (χ1v) is 5.67. The van der Waals surface area contributed by atoms with Crippen molar-refractivity contribution in [2.24, 2.45) is 0 Å². The maximum atomic E-state index is 11.5. The van der Waals surface area contributed by atoms with E-state index in [4.69, 9.17) is 4.65 Å². The number of nitrogens with one attached hydrogen (secondary N) is 2. The van der Waals surface area contributed by atoms with Crippen LogP contribution in [0.5, 0.6) is 0 Å². The van der Waals surface area contributed by atoms with Gasteiger partial charge in [0.1, 0.15) is 6.04 Å². The van der Waals surface area contributed by atoms with Crippen molar-refractivity contribution in [1.29, 1.82) is 0 Å². The Morgan fingerprint density at radius 2 is 2.28 bits per heavy atom. The minimum absolute atomic E-state index is 0.342. The second-order valence-electron chi connectivity index (χ2n) is 4.37. The molecule has 3 N–H and O–H groups in total.